The summed E-state index contributed by atoms with van der Waals surface area (Å²) in [4.78, 5) is 47.7. The van der Waals surface area contributed by atoms with Crippen LogP contribution in [0.4, 0.5) is 10.6 Å². The molecule has 2 aliphatic heterocycles. The number of hydrogen-bond acceptors (Lipinski definition) is 7. The molecule has 1 saturated carbocycles. The second-order valence-corrected chi connectivity index (χ2v) is 11.7. The van der Waals surface area contributed by atoms with Gasteiger partial charge in [-0.05, 0) is 62.3 Å². The van der Waals surface area contributed by atoms with E-state index in [0.717, 1.165) is 50.1 Å². The minimum absolute atomic E-state index is 0.139. The van der Waals surface area contributed by atoms with Gasteiger partial charge in [0, 0.05) is 58.1 Å². The molecule has 1 aliphatic carbocycles. The van der Waals surface area contributed by atoms with E-state index < -0.39 is 11.2 Å². The number of aromatic nitrogens is 2. The first-order valence-corrected chi connectivity index (χ1v) is 13.3. The molecule has 5 N–H and O–H groups in total. The predicted molar refractivity (Wildman–Crippen MR) is 145 cm³/mol. The Hall–Kier alpha value is -3.28. The van der Waals surface area contributed by atoms with Crippen LogP contribution in [-0.2, 0) is 11.2 Å². The molecule has 3 fully saturated rings. The van der Waals surface area contributed by atoms with Crippen LogP contribution < -0.4 is 22.5 Å². The molecule has 0 atom stereocenters. The Morgan fingerprint density at radius 3 is 2.42 bits per heavy atom. The van der Waals surface area contributed by atoms with Crippen LogP contribution in [0.1, 0.15) is 32.3 Å². The van der Waals surface area contributed by atoms with Crippen molar-refractivity contribution in [3.63, 3.8) is 0 Å². The van der Waals surface area contributed by atoms with Crippen LogP contribution in [0.3, 0.4) is 0 Å². The lowest BCUT2D eigenvalue weighted by atomic mass is 9.61. The smallest absolute Gasteiger partial charge is 0.338 e. The first-order valence-electron chi connectivity index (χ1n) is 13.3. The molecule has 5 rings (SSSR count). The number of nitrogens with zero attached hydrogens (tertiary/aromatic N) is 5. The minimum Gasteiger partial charge on any atom is -0.338 e. The molecule has 11 heteroatoms. The number of carbonyl (C=O) groups excluding carboxylic acids is 2. The van der Waals surface area contributed by atoms with Crippen LogP contribution >= 0.6 is 0 Å². The number of amides is 3. The fourth-order valence-electron chi connectivity index (χ4n) is 5.90. The number of hydrogen-bond donors (Lipinski definition) is 3. The summed E-state index contributed by atoms with van der Waals surface area (Å²) in [7, 11) is 0. The van der Waals surface area contributed by atoms with Crippen LogP contribution in [0.2, 0.25) is 0 Å². The summed E-state index contributed by atoms with van der Waals surface area (Å²) in [5.74, 6) is 0.0520. The maximum atomic E-state index is 12.8. The molecule has 3 heterocycles. The van der Waals surface area contributed by atoms with Crippen LogP contribution in [-0.4, -0.2) is 93.6 Å². The zero-order valence-corrected chi connectivity index (χ0v) is 22.2. The summed E-state index contributed by atoms with van der Waals surface area (Å²) in [6.45, 7) is 8.18. The maximum absolute atomic E-state index is 12.8. The summed E-state index contributed by atoms with van der Waals surface area (Å²) in [6.07, 6.45) is 4.84. The minimum atomic E-state index is -0.944. The number of benzene rings is 1. The number of nitrogens with one attached hydrogen (secondary N) is 1. The topological polar surface area (TPSA) is 143 Å². The molecule has 2 saturated heterocycles. The van der Waals surface area contributed by atoms with Gasteiger partial charge in [0.15, 0.2) is 0 Å². The maximum Gasteiger partial charge on any atom is 0.354 e. The summed E-state index contributed by atoms with van der Waals surface area (Å²) in [5.41, 5.74) is 12.8. The van der Waals surface area contributed by atoms with E-state index in [1.54, 1.807) is 35.9 Å². The summed E-state index contributed by atoms with van der Waals surface area (Å²) in [5, 5.41) is 2.70. The molecule has 1 spiro atoms. The van der Waals surface area contributed by atoms with Crippen molar-refractivity contribution >= 4 is 17.8 Å². The van der Waals surface area contributed by atoms with Crippen molar-refractivity contribution in [2.24, 2.45) is 16.9 Å². The number of piperazine rings is 1. The van der Waals surface area contributed by atoms with Crippen LogP contribution in [0.25, 0.3) is 5.69 Å². The second-order valence-electron chi connectivity index (χ2n) is 11.7. The molecule has 0 radical (unpaired) electrons. The Bertz CT molecular complexity index is 1250. The zero-order chi connectivity index (χ0) is 27.1. The molecule has 204 valence electrons. The highest BCUT2D eigenvalue weighted by molar-refractivity contribution is 5.89. The molecular weight excluding hydrogens is 484 g/mol. The van der Waals surface area contributed by atoms with Crippen molar-refractivity contribution in [2.45, 2.75) is 44.7 Å². The highest BCUT2D eigenvalue weighted by Crippen LogP contribution is 2.47. The third kappa shape index (κ3) is 5.59. The van der Waals surface area contributed by atoms with E-state index in [4.69, 9.17) is 11.5 Å². The van der Waals surface area contributed by atoms with Crippen LogP contribution in [0, 0.1) is 5.41 Å². The molecule has 0 unspecified atom stereocenters. The summed E-state index contributed by atoms with van der Waals surface area (Å²) in [6, 6.07) is 9.57. The lowest BCUT2D eigenvalue weighted by molar-refractivity contribution is -0.137. The Morgan fingerprint density at radius 2 is 1.79 bits per heavy atom. The number of nitrogens with two attached hydrogens (primary N) is 2. The number of carbonyl (C=O) groups is 2. The molecule has 0 bridgehead atoms. The number of rotatable bonds is 6. The van der Waals surface area contributed by atoms with Gasteiger partial charge in [0.2, 0.25) is 5.91 Å². The van der Waals surface area contributed by atoms with Gasteiger partial charge in [-0.25, -0.2) is 9.59 Å². The molecular formula is C27H38N8O3. The average Bonchev–Trinajstić information content (AvgIpc) is 2.84. The molecule has 1 aromatic heterocycles. The van der Waals surface area contributed by atoms with E-state index in [2.05, 4.69) is 21.3 Å². The van der Waals surface area contributed by atoms with Crippen LogP contribution in [0.5, 0.6) is 0 Å². The van der Waals surface area contributed by atoms with E-state index >= 15 is 0 Å². The van der Waals surface area contributed by atoms with Gasteiger partial charge in [0.25, 0.3) is 0 Å². The van der Waals surface area contributed by atoms with Crippen LogP contribution in [0.15, 0.2) is 41.3 Å². The Labute approximate surface area is 222 Å². The van der Waals surface area contributed by atoms with Gasteiger partial charge in [-0.1, -0.05) is 12.1 Å². The summed E-state index contributed by atoms with van der Waals surface area (Å²) < 4.78 is 1.48. The van der Waals surface area contributed by atoms with E-state index in [1.807, 2.05) is 18.2 Å². The highest BCUT2D eigenvalue weighted by Gasteiger charge is 2.50. The second kappa shape index (κ2) is 10.1. The van der Waals surface area contributed by atoms with Crippen molar-refractivity contribution < 1.29 is 9.59 Å². The molecule has 11 nitrogen and oxygen atoms in total. The average molecular weight is 523 g/mol. The van der Waals surface area contributed by atoms with Crippen molar-refractivity contribution in [1.82, 2.24) is 24.3 Å². The van der Waals surface area contributed by atoms with Gasteiger partial charge >= 0.3 is 11.7 Å². The Morgan fingerprint density at radius 1 is 1.11 bits per heavy atom. The van der Waals surface area contributed by atoms with Gasteiger partial charge in [-0.2, -0.15) is 4.98 Å². The Balaban J connectivity index is 1.14. The Kier molecular flexibility index (Phi) is 7.01. The normalized spacial score (nSPS) is 19.7. The van der Waals surface area contributed by atoms with E-state index in [1.165, 1.54) is 4.57 Å². The number of anilines is 1. The fraction of sp³-hybridized carbons (Fsp3) is 0.556. The van der Waals surface area contributed by atoms with Crippen molar-refractivity contribution in [3.8, 4) is 5.69 Å². The predicted octanol–water partition coefficient (Wildman–Crippen LogP) is 0.612. The SMILES string of the molecule is CC(C)(N)C(=O)N1CCN(C(=O)Nc2ccn(-c3cccc(CCN4CC5(CC(N)C5)C4)c3)c(=O)n2)CC1. The standard InChI is InChI=1S/C27H38N8O3/c1-26(2,29)23(36)33-10-12-34(13-11-33)24(37)30-22-7-9-35(25(38)31-22)21-5-3-4-19(14-21)6-8-32-17-27(18-32)15-20(28)16-27/h3-5,7,9,14,20H,6,8,10-13,15-18,28-29H2,1-2H3,(H,30,31,37,38). The molecule has 3 amide bonds. The molecule has 1 aromatic carbocycles. The first-order chi connectivity index (χ1) is 18.0. The van der Waals surface area contributed by atoms with Gasteiger partial charge in [0.1, 0.15) is 5.82 Å². The third-order valence-corrected chi connectivity index (χ3v) is 7.86. The molecule has 2 aromatic rings. The third-order valence-electron chi connectivity index (χ3n) is 7.86. The van der Waals surface area contributed by atoms with Gasteiger partial charge in [0.05, 0.1) is 11.2 Å². The first kappa shape index (κ1) is 26.3. The largest absolute Gasteiger partial charge is 0.354 e. The zero-order valence-electron chi connectivity index (χ0n) is 22.2. The van der Waals surface area contributed by atoms with Crippen molar-refractivity contribution in [3.05, 3.63) is 52.6 Å². The molecule has 3 aliphatic rings. The quantitative estimate of drug-likeness (QED) is 0.504. The van der Waals surface area contributed by atoms with E-state index in [9.17, 15) is 14.4 Å². The lowest BCUT2D eigenvalue weighted by Crippen LogP contribution is -2.65. The van der Waals surface area contributed by atoms with Gasteiger partial charge in [-0.15, -0.1) is 0 Å². The van der Waals surface area contributed by atoms with Gasteiger partial charge in [-0.3, -0.25) is 14.7 Å². The monoisotopic (exact) mass is 522 g/mol. The van der Waals surface area contributed by atoms with E-state index in [0.29, 0.717) is 37.6 Å². The number of urea groups is 1. The molecule has 38 heavy (non-hydrogen) atoms. The number of likely N-dealkylation sites (tertiary alicyclic amines) is 1. The fourth-order valence-corrected chi connectivity index (χ4v) is 5.90. The van der Waals surface area contributed by atoms with E-state index in [-0.39, 0.29) is 17.8 Å². The summed E-state index contributed by atoms with van der Waals surface area (Å²) >= 11 is 0. The van der Waals surface area contributed by atoms with Crippen molar-refractivity contribution in [2.75, 3.05) is 51.1 Å². The lowest BCUT2D eigenvalue weighted by Gasteiger charge is -2.58. The van der Waals surface area contributed by atoms with Crippen molar-refractivity contribution in [1.29, 1.82) is 0 Å². The van der Waals surface area contributed by atoms with Gasteiger partial charge < -0.3 is 26.2 Å². The highest BCUT2D eigenvalue weighted by atomic mass is 16.2.